The smallest absolute Gasteiger partial charge is 0.408 e. The molecule has 2 amide bonds. The van der Waals surface area contributed by atoms with Gasteiger partial charge in [0.15, 0.2) is 0 Å². The molecule has 0 saturated heterocycles. The summed E-state index contributed by atoms with van der Waals surface area (Å²) in [7, 11) is 1.56. The number of alkyl carbamates (subject to hydrolysis) is 1. The highest BCUT2D eigenvalue weighted by Crippen LogP contribution is 2.15. The van der Waals surface area contributed by atoms with Gasteiger partial charge in [-0.2, -0.15) is 0 Å². The van der Waals surface area contributed by atoms with Gasteiger partial charge in [-0.1, -0.05) is 55.1 Å². The molecule has 0 aliphatic rings. The molecule has 7 nitrogen and oxygen atoms in total. The molecular formula is C21H22N2O5. The lowest BCUT2D eigenvalue weighted by molar-refractivity contribution is -0.139. The van der Waals surface area contributed by atoms with E-state index in [9.17, 15) is 14.4 Å². The topological polar surface area (TPSA) is 93.7 Å². The van der Waals surface area contributed by atoms with Crippen LogP contribution >= 0.6 is 0 Å². The Hall–Kier alpha value is -3.61. The summed E-state index contributed by atoms with van der Waals surface area (Å²) in [5.74, 6) is -0.915. The van der Waals surface area contributed by atoms with Crippen LogP contribution in [0.1, 0.15) is 17.2 Å². The highest BCUT2D eigenvalue weighted by molar-refractivity contribution is 6.38. The number of nitrogens with one attached hydrogen (secondary N) is 2. The van der Waals surface area contributed by atoms with Crippen molar-refractivity contribution in [3.05, 3.63) is 78.4 Å². The summed E-state index contributed by atoms with van der Waals surface area (Å²) in [5.41, 5.74) is 1.28. The third-order valence-corrected chi connectivity index (χ3v) is 3.83. The van der Waals surface area contributed by atoms with E-state index in [-0.39, 0.29) is 13.2 Å². The lowest BCUT2D eigenvalue weighted by Gasteiger charge is -2.17. The van der Waals surface area contributed by atoms with E-state index in [4.69, 9.17) is 9.47 Å². The quantitative estimate of drug-likeness (QED) is 0.513. The van der Waals surface area contributed by atoms with E-state index in [0.717, 1.165) is 5.56 Å². The minimum Gasteiger partial charge on any atom is -0.497 e. The molecular weight excluding hydrogens is 360 g/mol. The normalized spacial score (nSPS) is 11.0. The van der Waals surface area contributed by atoms with Crippen LogP contribution in [-0.2, 0) is 20.9 Å². The minimum atomic E-state index is -1.16. The van der Waals surface area contributed by atoms with Gasteiger partial charge in [0.1, 0.15) is 18.4 Å². The molecule has 0 radical (unpaired) electrons. The number of methoxy groups -OCH3 is 1. The lowest BCUT2D eigenvalue weighted by atomic mass is 10.0. The van der Waals surface area contributed by atoms with Gasteiger partial charge >= 0.3 is 6.09 Å². The molecule has 146 valence electrons. The molecule has 2 aromatic rings. The number of carbonyl (C=O) groups is 3. The summed E-state index contributed by atoms with van der Waals surface area (Å²) in [6, 6.07) is 14.4. The van der Waals surface area contributed by atoms with E-state index in [1.54, 1.807) is 61.7 Å². The van der Waals surface area contributed by atoms with Crippen molar-refractivity contribution in [2.75, 3.05) is 13.7 Å². The molecule has 2 N–H and O–H groups in total. The number of Topliss-reactive ketones (excluding diaryl/α,β-unsaturated/α-hetero) is 1. The average molecular weight is 382 g/mol. The molecule has 2 rings (SSSR count). The van der Waals surface area contributed by atoms with E-state index >= 15 is 0 Å². The Morgan fingerprint density at radius 1 is 1.07 bits per heavy atom. The van der Waals surface area contributed by atoms with Crippen LogP contribution in [0.4, 0.5) is 4.79 Å². The number of benzene rings is 2. The fourth-order valence-electron chi connectivity index (χ4n) is 2.38. The van der Waals surface area contributed by atoms with Crippen LogP contribution in [0, 0.1) is 0 Å². The zero-order valence-electron chi connectivity index (χ0n) is 15.5. The molecule has 0 fully saturated rings. The monoisotopic (exact) mass is 382 g/mol. The number of hydrogen-bond donors (Lipinski definition) is 2. The molecule has 1 unspecified atom stereocenters. The molecule has 0 aliphatic carbocycles. The Morgan fingerprint density at radius 2 is 1.75 bits per heavy atom. The van der Waals surface area contributed by atoms with Gasteiger partial charge in [0.2, 0.25) is 5.78 Å². The predicted octanol–water partition coefficient (Wildman–Crippen LogP) is 2.53. The first-order chi connectivity index (χ1) is 13.5. The Bertz CT molecular complexity index is 818. The van der Waals surface area contributed by atoms with Gasteiger partial charge in [0, 0.05) is 6.54 Å². The second kappa shape index (κ2) is 10.5. The van der Waals surface area contributed by atoms with Crippen molar-refractivity contribution in [2.24, 2.45) is 0 Å². The maximum absolute atomic E-state index is 12.7. The molecule has 28 heavy (non-hydrogen) atoms. The van der Waals surface area contributed by atoms with Crippen molar-refractivity contribution in [1.29, 1.82) is 0 Å². The van der Waals surface area contributed by atoms with Crippen molar-refractivity contribution < 1.29 is 23.9 Å². The zero-order valence-corrected chi connectivity index (χ0v) is 15.5. The van der Waals surface area contributed by atoms with Crippen LogP contribution in [0.2, 0.25) is 0 Å². The molecule has 0 heterocycles. The van der Waals surface area contributed by atoms with Gasteiger partial charge in [0.25, 0.3) is 5.91 Å². The molecule has 0 saturated carbocycles. The van der Waals surface area contributed by atoms with Gasteiger partial charge in [-0.25, -0.2) is 4.79 Å². The zero-order chi connectivity index (χ0) is 20.4. The summed E-state index contributed by atoms with van der Waals surface area (Å²) >= 11 is 0. The summed E-state index contributed by atoms with van der Waals surface area (Å²) in [6.45, 7) is 3.61. The molecule has 0 spiro atoms. The van der Waals surface area contributed by atoms with Gasteiger partial charge in [-0.3, -0.25) is 9.59 Å². The van der Waals surface area contributed by atoms with E-state index in [1.165, 1.54) is 6.08 Å². The van der Waals surface area contributed by atoms with E-state index in [0.29, 0.717) is 11.3 Å². The van der Waals surface area contributed by atoms with Crippen LogP contribution < -0.4 is 15.4 Å². The average Bonchev–Trinajstić information content (AvgIpc) is 2.74. The number of carbonyl (C=O) groups excluding carboxylic acids is 3. The van der Waals surface area contributed by atoms with E-state index in [2.05, 4.69) is 17.2 Å². The number of ether oxygens (including phenoxy) is 2. The molecule has 7 heteroatoms. The second-order valence-electron chi connectivity index (χ2n) is 5.77. The maximum atomic E-state index is 12.7. The Morgan fingerprint density at radius 3 is 2.36 bits per heavy atom. The van der Waals surface area contributed by atoms with E-state index in [1.807, 2.05) is 0 Å². The fourth-order valence-corrected chi connectivity index (χ4v) is 2.38. The first kappa shape index (κ1) is 20.7. The first-order valence-electron chi connectivity index (χ1n) is 8.59. The predicted molar refractivity (Wildman–Crippen MR) is 104 cm³/mol. The highest BCUT2D eigenvalue weighted by atomic mass is 16.5. The molecule has 1 atom stereocenters. The second-order valence-corrected chi connectivity index (χ2v) is 5.77. The van der Waals surface area contributed by atoms with Crippen molar-refractivity contribution in [2.45, 2.75) is 12.6 Å². The SMILES string of the molecule is C=CCOC(=O)NC(C(=O)C(=O)NCc1ccc(OC)cc1)c1ccccc1. The largest absolute Gasteiger partial charge is 0.497 e. The molecule has 2 aromatic carbocycles. The Labute approximate surface area is 163 Å². The van der Waals surface area contributed by atoms with Crippen molar-refractivity contribution in [3.63, 3.8) is 0 Å². The number of hydrogen-bond acceptors (Lipinski definition) is 5. The third kappa shape index (κ3) is 5.98. The van der Waals surface area contributed by atoms with E-state index < -0.39 is 23.8 Å². The summed E-state index contributed by atoms with van der Waals surface area (Å²) in [6.07, 6.45) is 0.588. The van der Waals surface area contributed by atoms with Crippen LogP contribution in [0.15, 0.2) is 67.3 Å². The Kier molecular flexibility index (Phi) is 7.77. The summed E-state index contributed by atoms with van der Waals surface area (Å²) < 4.78 is 9.94. The first-order valence-corrected chi connectivity index (χ1v) is 8.59. The van der Waals surface area contributed by atoms with Crippen LogP contribution in [-0.4, -0.2) is 31.5 Å². The number of ketones is 1. The summed E-state index contributed by atoms with van der Waals surface area (Å²) in [5, 5.41) is 4.99. The third-order valence-electron chi connectivity index (χ3n) is 3.83. The van der Waals surface area contributed by atoms with Crippen LogP contribution in [0.3, 0.4) is 0 Å². The molecule has 0 aliphatic heterocycles. The lowest BCUT2D eigenvalue weighted by Crippen LogP contribution is -2.42. The molecule has 0 bridgehead atoms. The van der Waals surface area contributed by atoms with Crippen molar-refractivity contribution >= 4 is 17.8 Å². The highest BCUT2D eigenvalue weighted by Gasteiger charge is 2.28. The van der Waals surface area contributed by atoms with Crippen LogP contribution in [0.25, 0.3) is 0 Å². The summed E-state index contributed by atoms with van der Waals surface area (Å²) in [4.78, 5) is 36.9. The van der Waals surface area contributed by atoms with Gasteiger partial charge in [-0.15, -0.1) is 0 Å². The number of rotatable bonds is 9. The van der Waals surface area contributed by atoms with Gasteiger partial charge < -0.3 is 20.1 Å². The van der Waals surface area contributed by atoms with Crippen LogP contribution in [0.5, 0.6) is 5.75 Å². The fraction of sp³-hybridized carbons (Fsp3) is 0.190. The van der Waals surface area contributed by atoms with Gasteiger partial charge in [-0.05, 0) is 23.3 Å². The molecule has 0 aromatic heterocycles. The Balaban J connectivity index is 2.05. The minimum absolute atomic E-state index is 0.00873. The van der Waals surface area contributed by atoms with Crippen molar-refractivity contribution in [1.82, 2.24) is 10.6 Å². The number of amides is 2. The van der Waals surface area contributed by atoms with Crippen molar-refractivity contribution in [3.8, 4) is 5.75 Å². The maximum Gasteiger partial charge on any atom is 0.408 e. The van der Waals surface area contributed by atoms with Gasteiger partial charge in [0.05, 0.1) is 7.11 Å². The standard InChI is InChI=1S/C21H22N2O5/c1-3-13-28-21(26)23-18(16-7-5-4-6-8-16)19(24)20(25)22-14-15-9-11-17(27-2)12-10-15/h3-12,18H,1,13-14H2,2H3,(H,22,25)(H,23,26).